The summed E-state index contributed by atoms with van der Waals surface area (Å²) in [5.41, 5.74) is 0. The second-order valence-electron chi connectivity index (χ2n) is 4.25. The van der Waals surface area contributed by atoms with Gasteiger partial charge in [-0.3, -0.25) is 0 Å². The molecule has 92 valence electrons. The van der Waals surface area contributed by atoms with Crippen LogP contribution in [0.15, 0.2) is 37.0 Å². The SMILES string of the molecule is C=CCCCCCCCCC=CC=CCC. The van der Waals surface area contributed by atoms with Crippen molar-refractivity contribution in [3.8, 4) is 0 Å². The van der Waals surface area contributed by atoms with E-state index < -0.39 is 0 Å². The van der Waals surface area contributed by atoms with Crippen LogP contribution in [-0.4, -0.2) is 0 Å². The molecule has 16 heavy (non-hydrogen) atoms. The summed E-state index contributed by atoms with van der Waals surface area (Å²) >= 11 is 0. The van der Waals surface area contributed by atoms with Gasteiger partial charge in [0.15, 0.2) is 0 Å². The van der Waals surface area contributed by atoms with Crippen molar-refractivity contribution >= 4 is 0 Å². The Morgan fingerprint density at radius 2 is 1.31 bits per heavy atom. The van der Waals surface area contributed by atoms with Crippen LogP contribution < -0.4 is 0 Å². The van der Waals surface area contributed by atoms with Crippen LogP contribution in [0.25, 0.3) is 0 Å². The van der Waals surface area contributed by atoms with Gasteiger partial charge in [0.1, 0.15) is 0 Å². The third-order valence-electron chi connectivity index (χ3n) is 2.65. The summed E-state index contributed by atoms with van der Waals surface area (Å²) in [6.07, 6.45) is 22.6. The lowest BCUT2D eigenvalue weighted by Crippen LogP contribution is -1.79. The Hall–Kier alpha value is -0.780. The average molecular weight is 220 g/mol. The van der Waals surface area contributed by atoms with Gasteiger partial charge in [-0.1, -0.05) is 63.0 Å². The zero-order chi connectivity index (χ0) is 11.9. The Bertz CT molecular complexity index is 186. The largest absolute Gasteiger partial charge is 0.103 e. The Morgan fingerprint density at radius 3 is 1.94 bits per heavy atom. The summed E-state index contributed by atoms with van der Waals surface area (Å²) in [7, 11) is 0. The van der Waals surface area contributed by atoms with Crippen LogP contribution >= 0.6 is 0 Å². The minimum atomic E-state index is 1.13. The van der Waals surface area contributed by atoms with Crippen molar-refractivity contribution in [1.29, 1.82) is 0 Å². The van der Waals surface area contributed by atoms with Gasteiger partial charge in [-0.05, 0) is 32.1 Å². The van der Waals surface area contributed by atoms with Gasteiger partial charge in [-0.25, -0.2) is 0 Å². The van der Waals surface area contributed by atoms with Gasteiger partial charge in [0.25, 0.3) is 0 Å². The molecule has 0 spiro atoms. The van der Waals surface area contributed by atoms with Crippen molar-refractivity contribution in [2.75, 3.05) is 0 Å². The molecule has 0 saturated carbocycles. The first-order valence-corrected chi connectivity index (χ1v) is 6.84. The molecular weight excluding hydrogens is 192 g/mol. The number of rotatable bonds is 11. The van der Waals surface area contributed by atoms with Crippen LogP contribution in [0.3, 0.4) is 0 Å². The topological polar surface area (TPSA) is 0 Å². The van der Waals surface area contributed by atoms with Crippen LogP contribution in [0, 0.1) is 0 Å². The molecule has 0 bridgehead atoms. The summed E-state index contributed by atoms with van der Waals surface area (Å²) < 4.78 is 0. The molecule has 0 radical (unpaired) electrons. The van der Waals surface area contributed by atoms with E-state index in [4.69, 9.17) is 0 Å². The van der Waals surface area contributed by atoms with Gasteiger partial charge in [0.05, 0.1) is 0 Å². The van der Waals surface area contributed by atoms with E-state index in [0.29, 0.717) is 0 Å². The third kappa shape index (κ3) is 13.2. The van der Waals surface area contributed by atoms with Crippen molar-refractivity contribution in [3.05, 3.63) is 37.0 Å². The van der Waals surface area contributed by atoms with Crippen molar-refractivity contribution in [3.63, 3.8) is 0 Å². The van der Waals surface area contributed by atoms with Gasteiger partial charge >= 0.3 is 0 Å². The Labute approximate surface area is 102 Å². The predicted octanol–water partition coefficient (Wildman–Crippen LogP) is 5.82. The lowest BCUT2D eigenvalue weighted by Gasteiger charge is -1.98. The molecular formula is C16H28. The highest BCUT2D eigenvalue weighted by molar-refractivity contribution is 5.01. The number of hydrogen-bond acceptors (Lipinski definition) is 0. The maximum atomic E-state index is 3.74. The molecule has 0 aliphatic rings. The van der Waals surface area contributed by atoms with Crippen LogP contribution in [0.5, 0.6) is 0 Å². The Morgan fingerprint density at radius 1 is 0.750 bits per heavy atom. The number of allylic oxidation sites excluding steroid dienone is 5. The number of hydrogen-bond donors (Lipinski definition) is 0. The van der Waals surface area contributed by atoms with Crippen molar-refractivity contribution in [1.82, 2.24) is 0 Å². The van der Waals surface area contributed by atoms with Crippen LogP contribution in [0.4, 0.5) is 0 Å². The van der Waals surface area contributed by atoms with Crippen molar-refractivity contribution in [2.45, 2.75) is 64.7 Å². The van der Waals surface area contributed by atoms with E-state index >= 15 is 0 Å². The monoisotopic (exact) mass is 220 g/mol. The molecule has 0 heterocycles. The first-order chi connectivity index (χ1) is 7.91. The summed E-state index contributed by atoms with van der Waals surface area (Å²) in [4.78, 5) is 0. The lowest BCUT2D eigenvalue weighted by atomic mass is 10.1. The Kier molecular flexibility index (Phi) is 13.5. The molecule has 0 nitrogen and oxygen atoms in total. The molecule has 0 aromatic carbocycles. The van der Waals surface area contributed by atoms with Crippen molar-refractivity contribution < 1.29 is 0 Å². The van der Waals surface area contributed by atoms with E-state index in [1.165, 1.54) is 51.4 Å². The highest BCUT2D eigenvalue weighted by Crippen LogP contribution is 2.08. The molecule has 0 unspecified atom stereocenters. The molecule has 0 fully saturated rings. The van der Waals surface area contributed by atoms with E-state index in [0.717, 1.165) is 6.42 Å². The molecule has 0 N–H and O–H groups in total. The highest BCUT2D eigenvalue weighted by Gasteiger charge is 1.89. The van der Waals surface area contributed by atoms with E-state index in [-0.39, 0.29) is 0 Å². The van der Waals surface area contributed by atoms with Gasteiger partial charge < -0.3 is 0 Å². The zero-order valence-electron chi connectivity index (χ0n) is 11.0. The second kappa shape index (κ2) is 14.2. The fraction of sp³-hybridized carbons (Fsp3) is 0.625. The fourth-order valence-electron chi connectivity index (χ4n) is 1.65. The minimum absolute atomic E-state index is 1.13. The van der Waals surface area contributed by atoms with Crippen LogP contribution in [0.2, 0.25) is 0 Å². The predicted molar refractivity (Wildman–Crippen MR) is 75.7 cm³/mol. The second-order valence-corrected chi connectivity index (χ2v) is 4.25. The van der Waals surface area contributed by atoms with Crippen molar-refractivity contribution in [2.24, 2.45) is 0 Å². The molecule has 0 aliphatic carbocycles. The molecule has 0 aliphatic heterocycles. The molecule has 0 heteroatoms. The number of unbranched alkanes of at least 4 members (excludes halogenated alkanes) is 7. The van der Waals surface area contributed by atoms with Gasteiger partial charge in [-0.2, -0.15) is 0 Å². The lowest BCUT2D eigenvalue weighted by molar-refractivity contribution is 0.600. The molecule has 0 saturated heterocycles. The van der Waals surface area contributed by atoms with Gasteiger partial charge in [0.2, 0.25) is 0 Å². The van der Waals surface area contributed by atoms with Gasteiger partial charge in [0, 0.05) is 0 Å². The van der Waals surface area contributed by atoms with E-state index in [9.17, 15) is 0 Å². The summed E-state index contributed by atoms with van der Waals surface area (Å²) in [5.74, 6) is 0. The highest BCUT2D eigenvalue weighted by atomic mass is 14.0. The summed E-state index contributed by atoms with van der Waals surface area (Å²) in [6, 6.07) is 0. The summed E-state index contributed by atoms with van der Waals surface area (Å²) in [6.45, 7) is 5.90. The average Bonchev–Trinajstić information content (AvgIpc) is 2.31. The third-order valence-corrected chi connectivity index (χ3v) is 2.65. The first-order valence-electron chi connectivity index (χ1n) is 6.84. The Balaban J connectivity index is 3.06. The normalized spacial score (nSPS) is 11.6. The minimum Gasteiger partial charge on any atom is -0.103 e. The first kappa shape index (κ1) is 15.2. The zero-order valence-corrected chi connectivity index (χ0v) is 11.0. The molecule has 0 aromatic heterocycles. The molecule has 0 rings (SSSR count). The van der Waals surface area contributed by atoms with E-state index in [2.05, 4.69) is 37.8 Å². The standard InChI is InChI=1S/C16H28/c1-3-5-7-9-11-13-15-16-14-12-10-8-6-4-2/h3,6,8,10,12H,1,4-5,7,9,11,13-16H2,2H3. The van der Waals surface area contributed by atoms with Crippen LogP contribution in [-0.2, 0) is 0 Å². The smallest absolute Gasteiger partial charge is 0.0348 e. The van der Waals surface area contributed by atoms with Crippen LogP contribution in [0.1, 0.15) is 64.7 Å². The van der Waals surface area contributed by atoms with E-state index in [1.54, 1.807) is 0 Å². The van der Waals surface area contributed by atoms with Gasteiger partial charge in [-0.15, -0.1) is 6.58 Å². The quantitative estimate of drug-likeness (QED) is 0.234. The molecule has 0 atom stereocenters. The molecule has 0 aromatic rings. The summed E-state index contributed by atoms with van der Waals surface area (Å²) in [5, 5.41) is 0. The maximum absolute atomic E-state index is 3.74. The fourth-order valence-corrected chi connectivity index (χ4v) is 1.65. The maximum Gasteiger partial charge on any atom is -0.0348 e. The van der Waals surface area contributed by atoms with E-state index in [1.807, 2.05) is 6.08 Å². The molecule has 0 amide bonds.